The SMILES string of the molecule is CC.CCC.Cc1cc(F)nc(Cl)n1.OP(O)(O)=S.OP(O)(O)=S. The van der Waals surface area contributed by atoms with E-state index in [4.69, 9.17) is 41.0 Å². The van der Waals surface area contributed by atoms with Gasteiger partial charge in [0.2, 0.25) is 11.2 Å². The molecule has 8 nitrogen and oxygen atoms in total. The quantitative estimate of drug-likeness (QED) is 0.198. The summed E-state index contributed by atoms with van der Waals surface area (Å²) in [4.78, 5) is 52.2. The summed E-state index contributed by atoms with van der Waals surface area (Å²) in [6.45, 7) is 2.29. The predicted molar refractivity (Wildman–Crippen MR) is 101 cm³/mol. The molecule has 0 saturated heterocycles. The van der Waals surface area contributed by atoms with E-state index in [0.29, 0.717) is 5.69 Å². The maximum absolute atomic E-state index is 12.2. The standard InChI is InChI=1S/C5H4ClFN2.C3H8.C2H6.2H3O3PS/c1-3-2-4(7)9-5(6)8-3;1-3-2;1-2;2*1-4(2,3)5/h2H,1H3;3H2,1-2H3;1-2H3;2*(H3,1,2,3,5). The fraction of sp³-hybridized carbons (Fsp3) is 0.600. The first kappa shape index (κ1) is 32.1. The first-order valence-corrected chi connectivity index (χ1v) is 12.0. The molecule has 0 radical (unpaired) electrons. The second kappa shape index (κ2) is 18.2. The summed E-state index contributed by atoms with van der Waals surface area (Å²) in [7, 11) is 0. The molecule has 14 heteroatoms. The second-order valence-electron chi connectivity index (χ2n) is 3.33. The molecular formula is C10H24ClFN2O6P2S2. The Bertz CT molecular complexity index is 431. The van der Waals surface area contributed by atoms with Crippen molar-refractivity contribution in [2.24, 2.45) is 0 Å². The van der Waals surface area contributed by atoms with E-state index in [1.54, 1.807) is 6.92 Å². The molecule has 1 heterocycles. The van der Waals surface area contributed by atoms with Gasteiger partial charge in [-0.25, -0.2) is 4.98 Å². The van der Waals surface area contributed by atoms with Crippen molar-refractivity contribution in [2.45, 2.75) is 41.0 Å². The van der Waals surface area contributed by atoms with Crippen molar-refractivity contribution in [1.29, 1.82) is 0 Å². The van der Waals surface area contributed by atoms with Gasteiger partial charge in [0.25, 0.3) is 0 Å². The van der Waals surface area contributed by atoms with E-state index < -0.39 is 19.4 Å². The summed E-state index contributed by atoms with van der Waals surface area (Å²) in [6.07, 6.45) is 1.25. The van der Waals surface area contributed by atoms with Crippen LogP contribution in [0.3, 0.4) is 0 Å². The molecule has 1 rings (SSSR count). The van der Waals surface area contributed by atoms with Crippen molar-refractivity contribution in [1.82, 2.24) is 9.97 Å². The summed E-state index contributed by atoms with van der Waals surface area (Å²) >= 11 is 12.5. The van der Waals surface area contributed by atoms with E-state index in [-0.39, 0.29) is 5.28 Å². The Labute approximate surface area is 156 Å². The van der Waals surface area contributed by atoms with Crippen LogP contribution in [0.2, 0.25) is 5.28 Å². The topological polar surface area (TPSA) is 147 Å². The average Bonchev–Trinajstić information content (AvgIpc) is 2.25. The molecule has 146 valence electrons. The van der Waals surface area contributed by atoms with E-state index in [2.05, 4.69) is 47.4 Å². The fourth-order valence-electron chi connectivity index (χ4n) is 0.496. The summed E-state index contributed by atoms with van der Waals surface area (Å²) < 4.78 is 12.2. The van der Waals surface area contributed by atoms with Gasteiger partial charge in [0, 0.05) is 11.8 Å². The molecule has 0 amide bonds. The van der Waals surface area contributed by atoms with Gasteiger partial charge in [0.1, 0.15) is 0 Å². The van der Waals surface area contributed by atoms with Crippen LogP contribution in [0.5, 0.6) is 0 Å². The van der Waals surface area contributed by atoms with Crippen LogP contribution < -0.4 is 0 Å². The third kappa shape index (κ3) is 66.8. The highest BCUT2D eigenvalue weighted by Crippen LogP contribution is 2.26. The third-order valence-electron chi connectivity index (χ3n) is 0.796. The molecule has 0 unspecified atom stereocenters. The van der Waals surface area contributed by atoms with E-state index >= 15 is 0 Å². The summed E-state index contributed by atoms with van der Waals surface area (Å²) in [5.41, 5.74) is 0.535. The molecule has 24 heavy (non-hydrogen) atoms. The van der Waals surface area contributed by atoms with Crippen molar-refractivity contribution >= 4 is 48.7 Å². The van der Waals surface area contributed by atoms with E-state index in [1.165, 1.54) is 12.5 Å². The molecule has 0 aliphatic rings. The Kier molecular flexibility index (Phi) is 24.3. The summed E-state index contributed by atoms with van der Waals surface area (Å²) in [5, 5.41) is -0.0486. The van der Waals surface area contributed by atoms with Crippen molar-refractivity contribution in [3.8, 4) is 0 Å². The van der Waals surface area contributed by atoms with Crippen molar-refractivity contribution in [3.63, 3.8) is 0 Å². The highest BCUT2D eigenvalue weighted by molar-refractivity contribution is 8.06. The van der Waals surface area contributed by atoms with Gasteiger partial charge in [-0.3, -0.25) is 0 Å². The lowest BCUT2D eigenvalue weighted by molar-refractivity contribution is 0.361. The molecule has 0 spiro atoms. The lowest BCUT2D eigenvalue weighted by Crippen LogP contribution is -1.89. The second-order valence-corrected chi connectivity index (χ2v) is 8.67. The first-order chi connectivity index (χ1) is 10.6. The van der Waals surface area contributed by atoms with Crippen LogP contribution in [0, 0.1) is 12.9 Å². The Morgan fingerprint density at radius 1 is 1.00 bits per heavy atom. The fourth-order valence-corrected chi connectivity index (χ4v) is 0.710. The van der Waals surface area contributed by atoms with Crippen LogP contribution >= 0.6 is 25.0 Å². The first-order valence-electron chi connectivity index (χ1n) is 6.33. The van der Waals surface area contributed by atoms with Gasteiger partial charge in [-0.2, -0.15) is 9.37 Å². The zero-order valence-corrected chi connectivity index (χ0v) is 18.0. The van der Waals surface area contributed by atoms with Gasteiger partial charge in [-0.15, -0.1) is 0 Å². The highest BCUT2D eigenvalue weighted by Gasteiger charge is 1.95. The molecule has 0 aliphatic heterocycles. The molecule has 1 aromatic rings. The van der Waals surface area contributed by atoms with E-state index in [1.807, 2.05) is 13.8 Å². The van der Waals surface area contributed by atoms with Crippen LogP contribution in [0.15, 0.2) is 6.07 Å². The smallest absolute Gasteiger partial charge is 0.319 e. The number of rotatable bonds is 0. The van der Waals surface area contributed by atoms with Crippen LogP contribution in [-0.4, -0.2) is 39.3 Å². The minimum atomic E-state index is -3.81. The Hall–Kier alpha value is 0.360. The zero-order chi connectivity index (χ0) is 20.6. The Morgan fingerprint density at radius 2 is 1.25 bits per heavy atom. The zero-order valence-electron chi connectivity index (χ0n) is 13.8. The lowest BCUT2D eigenvalue weighted by Gasteiger charge is -1.90. The number of aryl methyl sites for hydroxylation is 1. The summed E-state index contributed by atoms with van der Waals surface area (Å²) in [5.74, 6) is -0.590. The molecule has 0 aliphatic carbocycles. The van der Waals surface area contributed by atoms with Gasteiger partial charge >= 0.3 is 13.4 Å². The van der Waals surface area contributed by atoms with Gasteiger partial charge < -0.3 is 29.4 Å². The minimum Gasteiger partial charge on any atom is -0.325 e. The molecular weight excluding hydrogens is 425 g/mol. The van der Waals surface area contributed by atoms with Crippen LogP contribution in [-0.2, 0) is 23.6 Å². The molecule has 0 saturated carbocycles. The van der Waals surface area contributed by atoms with Crippen molar-refractivity contribution in [2.75, 3.05) is 0 Å². The molecule has 0 aromatic carbocycles. The molecule has 0 atom stereocenters. The average molecular weight is 449 g/mol. The highest BCUT2D eigenvalue weighted by atomic mass is 35.5. The third-order valence-corrected chi connectivity index (χ3v) is 0.965. The van der Waals surface area contributed by atoms with Gasteiger partial charge in [-0.1, -0.05) is 34.1 Å². The van der Waals surface area contributed by atoms with Gasteiger partial charge in [0.05, 0.1) is 0 Å². The molecule has 6 N–H and O–H groups in total. The largest absolute Gasteiger partial charge is 0.325 e. The number of aromatic nitrogens is 2. The summed E-state index contributed by atoms with van der Waals surface area (Å²) in [6, 6.07) is 1.21. The predicted octanol–water partition coefficient (Wildman–Crippen LogP) is 2.40. The number of hydrogen-bond acceptors (Lipinski definition) is 4. The van der Waals surface area contributed by atoms with Crippen molar-refractivity contribution in [3.05, 3.63) is 23.0 Å². The van der Waals surface area contributed by atoms with Crippen LogP contribution in [0.25, 0.3) is 0 Å². The Morgan fingerprint density at radius 3 is 1.42 bits per heavy atom. The number of nitrogens with zero attached hydrogens (tertiary/aromatic N) is 2. The van der Waals surface area contributed by atoms with Gasteiger partial charge in [-0.05, 0) is 42.1 Å². The molecule has 1 aromatic heterocycles. The maximum atomic E-state index is 12.2. The number of hydrogen-bond donors (Lipinski definition) is 6. The van der Waals surface area contributed by atoms with E-state index in [0.717, 1.165) is 0 Å². The monoisotopic (exact) mass is 448 g/mol. The minimum absolute atomic E-state index is 0.0486. The molecule has 0 bridgehead atoms. The maximum Gasteiger partial charge on any atom is 0.319 e. The van der Waals surface area contributed by atoms with Crippen molar-refractivity contribution < 1.29 is 33.8 Å². The lowest BCUT2D eigenvalue weighted by atomic mass is 10.5. The van der Waals surface area contributed by atoms with E-state index in [9.17, 15) is 4.39 Å². The Balaban J connectivity index is -0.000000116. The van der Waals surface area contributed by atoms with Crippen LogP contribution in [0.4, 0.5) is 4.39 Å². The molecule has 0 fully saturated rings. The van der Waals surface area contributed by atoms with Crippen LogP contribution in [0.1, 0.15) is 39.8 Å². The van der Waals surface area contributed by atoms with Gasteiger partial charge in [0.15, 0.2) is 0 Å². The normalized spacial score (nSPS) is 9.54. The number of halogens is 2.